The second kappa shape index (κ2) is 6.70. The quantitative estimate of drug-likeness (QED) is 0.849. The molecular weight excluding hydrogens is 272 g/mol. The van der Waals surface area contributed by atoms with Crippen LogP contribution in [-0.2, 0) is 10.0 Å². The lowest BCUT2D eigenvalue weighted by Crippen LogP contribution is -2.32. The Morgan fingerprint density at radius 1 is 1.15 bits per heavy atom. The van der Waals surface area contributed by atoms with Crippen LogP contribution in [0.25, 0.3) is 0 Å². The first-order valence-corrected chi connectivity index (χ1v) is 8.47. The Labute approximate surface area is 123 Å². The van der Waals surface area contributed by atoms with E-state index in [1.807, 2.05) is 39.8 Å². The van der Waals surface area contributed by atoms with Crippen LogP contribution < -0.4 is 10.0 Å². The van der Waals surface area contributed by atoms with Gasteiger partial charge < -0.3 is 5.32 Å². The SMILES string of the molecule is CCNC(C)c1ccc(S(=O)(=O)NCC(C)(C)C)cc1. The zero-order valence-corrected chi connectivity index (χ0v) is 13.8. The van der Waals surface area contributed by atoms with Gasteiger partial charge in [0.1, 0.15) is 0 Å². The van der Waals surface area contributed by atoms with Crippen LogP contribution in [0.2, 0.25) is 0 Å². The monoisotopic (exact) mass is 298 g/mol. The number of rotatable bonds is 6. The van der Waals surface area contributed by atoms with E-state index in [1.54, 1.807) is 12.1 Å². The van der Waals surface area contributed by atoms with Crippen molar-refractivity contribution < 1.29 is 8.42 Å². The fourth-order valence-corrected chi connectivity index (χ4v) is 3.04. The second-order valence-corrected chi connectivity index (χ2v) is 8.00. The molecule has 0 aromatic heterocycles. The third kappa shape index (κ3) is 5.23. The lowest BCUT2D eigenvalue weighted by atomic mass is 9.98. The Balaban J connectivity index is 2.82. The lowest BCUT2D eigenvalue weighted by molar-refractivity contribution is 0.407. The third-order valence-electron chi connectivity index (χ3n) is 2.99. The van der Waals surface area contributed by atoms with Crippen molar-refractivity contribution in [2.75, 3.05) is 13.1 Å². The molecule has 0 fully saturated rings. The zero-order chi connectivity index (χ0) is 15.4. The van der Waals surface area contributed by atoms with E-state index in [2.05, 4.69) is 17.0 Å². The van der Waals surface area contributed by atoms with Crippen LogP contribution in [-0.4, -0.2) is 21.5 Å². The molecule has 5 heteroatoms. The van der Waals surface area contributed by atoms with E-state index in [0.29, 0.717) is 11.4 Å². The Morgan fingerprint density at radius 2 is 1.70 bits per heavy atom. The Bertz CT molecular complexity index is 516. The molecule has 4 nitrogen and oxygen atoms in total. The average molecular weight is 298 g/mol. The molecule has 0 bridgehead atoms. The second-order valence-electron chi connectivity index (χ2n) is 6.23. The summed E-state index contributed by atoms with van der Waals surface area (Å²) in [5, 5.41) is 3.30. The molecular formula is C15H26N2O2S. The molecule has 0 aliphatic carbocycles. The average Bonchev–Trinajstić information content (AvgIpc) is 2.36. The number of sulfonamides is 1. The highest BCUT2D eigenvalue weighted by molar-refractivity contribution is 7.89. The van der Waals surface area contributed by atoms with Crippen molar-refractivity contribution in [3.8, 4) is 0 Å². The summed E-state index contributed by atoms with van der Waals surface area (Å²) in [5.41, 5.74) is 1.01. The number of hydrogen-bond acceptors (Lipinski definition) is 3. The summed E-state index contributed by atoms with van der Waals surface area (Å²) < 4.78 is 27.0. The predicted octanol–water partition coefficient (Wildman–Crippen LogP) is 2.68. The van der Waals surface area contributed by atoms with Crippen molar-refractivity contribution in [1.29, 1.82) is 0 Å². The van der Waals surface area contributed by atoms with Crippen LogP contribution in [0, 0.1) is 5.41 Å². The maximum atomic E-state index is 12.2. The molecule has 0 aliphatic heterocycles. The maximum Gasteiger partial charge on any atom is 0.240 e. The van der Waals surface area contributed by atoms with Gasteiger partial charge in [0.05, 0.1) is 4.90 Å². The molecule has 0 saturated heterocycles. The minimum Gasteiger partial charge on any atom is -0.310 e. The van der Waals surface area contributed by atoms with Gasteiger partial charge in [-0.1, -0.05) is 39.8 Å². The van der Waals surface area contributed by atoms with Gasteiger partial charge in [0.25, 0.3) is 0 Å². The molecule has 2 N–H and O–H groups in total. The van der Waals surface area contributed by atoms with Crippen LogP contribution in [0.5, 0.6) is 0 Å². The van der Waals surface area contributed by atoms with E-state index >= 15 is 0 Å². The molecule has 1 aromatic rings. The van der Waals surface area contributed by atoms with E-state index in [0.717, 1.165) is 12.1 Å². The van der Waals surface area contributed by atoms with E-state index in [9.17, 15) is 8.42 Å². The van der Waals surface area contributed by atoms with Gasteiger partial charge >= 0.3 is 0 Å². The van der Waals surface area contributed by atoms with Crippen molar-refractivity contribution in [2.45, 2.75) is 45.6 Å². The summed E-state index contributed by atoms with van der Waals surface area (Å²) in [7, 11) is -3.42. The normalized spacial score (nSPS) is 14.2. The van der Waals surface area contributed by atoms with Crippen LogP contribution in [0.4, 0.5) is 0 Å². The van der Waals surface area contributed by atoms with E-state index in [1.165, 1.54) is 0 Å². The zero-order valence-electron chi connectivity index (χ0n) is 13.0. The smallest absolute Gasteiger partial charge is 0.240 e. The summed E-state index contributed by atoms with van der Waals surface area (Å²) in [6.07, 6.45) is 0. The van der Waals surface area contributed by atoms with Gasteiger partial charge in [-0.05, 0) is 36.6 Å². The molecule has 1 atom stereocenters. The Hall–Kier alpha value is -0.910. The maximum absolute atomic E-state index is 12.2. The molecule has 114 valence electrons. The van der Waals surface area contributed by atoms with Crippen LogP contribution in [0.1, 0.15) is 46.2 Å². The molecule has 0 saturated carbocycles. The number of nitrogens with one attached hydrogen (secondary N) is 2. The predicted molar refractivity (Wildman–Crippen MR) is 83.2 cm³/mol. The summed E-state index contributed by atoms with van der Waals surface area (Å²) >= 11 is 0. The van der Waals surface area contributed by atoms with Crippen molar-refractivity contribution in [2.24, 2.45) is 5.41 Å². The van der Waals surface area contributed by atoms with E-state index in [4.69, 9.17) is 0 Å². The molecule has 0 amide bonds. The highest BCUT2D eigenvalue weighted by Crippen LogP contribution is 2.17. The molecule has 0 radical (unpaired) electrons. The molecule has 1 aromatic carbocycles. The number of benzene rings is 1. The highest BCUT2D eigenvalue weighted by atomic mass is 32.2. The first-order valence-electron chi connectivity index (χ1n) is 6.99. The molecule has 1 unspecified atom stereocenters. The van der Waals surface area contributed by atoms with Crippen molar-refractivity contribution in [1.82, 2.24) is 10.0 Å². The summed E-state index contributed by atoms with van der Waals surface area (Å²) in [4.78, 5) is 0.314. The third-order valence-corrected chi connectivity index (χ3v) is 4.41. The Kier molecular flexibility index (Phi) is 5.74. The van der Waals surface area contributed by atoms with Crippen molar-refractivity contribution in [3.05, 3.63) is 29.8 Å². The largest absolute Gasteiger partial charge is 0.310 e. The van der Waals surface area contributed by atoms with Crippen LogP contribution >= 0.6 is 0 Å². The summed E-state index contributed by atoms with van der Waals surface area (Å²) in [6, 6.07) is 7.26. The van der Waals surface area contributed by atoms with Gasteiger partial charge in [-0.25, -0.2) is 13.1 Å². The highest BCUT2D eigenvalue weighted by Gasteiger charge is 2.18. The Morgan fingerprint density at radius 3 is 2.15 bits per heavy atom. The van der Waals surface area contributed by atoms with Gasteiger partial charge in [0.2, 0.25) is 10.0 Å². The van der Waals surface area contributed by atoms with Crippen molar-refractivity contribution >= 4 is 10.0 Å². The first-order chi connectivity index (χ1) is 9.15. The molecule has 0 spiro atoms. The van der Waals surface area contributed by atoms with E-state index < -0.39 is 10.0 Å². The van der Waals surface area contributed by atoms with Gasteiger partial charge in [-0.3, -0.25) is 0 Å². The van der Waals surface area contributed by atoms with Gasteiger partial charge in [-0.2, -0.15) is 0 Å². The molecule has 1 rings (SSSR count). The van der Waals surface area contributed by atoms with Crippen LogP contribution in [0.15, 0.2) is 29.2 Å². The standard InChI is InChI=1S/C15H26N2O2S/c1-6-16-12(2)13-7-9-14(10-8-13)20(18,19)17-11-15(3,4)5/h7-10,12,16-17H,6,11H2,1-5H3. The minimum absolute atomic E-state index is 0.0768. The van der Waals surface area contributed by atoms with E-state index in [-0.39, 0.29) is 11.5 Å². The summed E-state index contributed by atoms with van der Waals surface area (Å²) in [6.45, 7) is 11.4. The lowest BCUT2D eigenvalue weighted by Gasteiger charge is -2.19. The van der Waals surface area contributed by atoms with Crippen LogP contribution in [0.3, 0.4) is 0 Å². The minimum atomic E-state index is -3.42. The summed E-state index contributed by atoms with van der Waals surface area (Å²) in [5.74, 6) is 0. The number of hydrogen-bond donors (Lipinski definition) is 2. The van der Waals surface area contributed by atoms with Crippen molar-refractivity contribution in [3.63, 3.8) is 0 Å². The molecule has 0 aliphatic rings. The van der Waals surface area contributed by atoms with Gasteiger partial charge in [0.15, 0.2) is 0 Å². The topological polar surface area (TPSA) is 58.2 Å². The first kappa shape index (κ1) is 17.1. The molecule has 0 heterocycles. The fourth-order valence-electron chi connectivity index (χ4n) is 1.75. The molecule has 20 heavy (non-hydrogen) atoms. The van der Waals surface area contributed by atoms with Gasteiger partial charge in [-0.15, -0.1) is 0 Å². The van der Waals surface area contributed by atoms with Gasteiger partial charge in [0, 0.05) is 12.6 Å². The fraction of sp³-hybridized carbons (Fsp3) is 0.600.